The van der Waals surface area contributed by atoms with Crippen molar-refractivity contribution in [3.05, 3.63) is 45.8 Å². The summed E-state index contributed by atoms with van der Waals surface area (Å²) in [5.41, 5.74) is 0.402. The number of hydrogen-bond acceptors (Lipinski definition) is 6. The third-order valence-electron chi connectivity index (χ3n) is 2.52. The van der Waals surface area contributed by atoms with E-state index in [1.54, 1.807) is 13.0 Å². The van der Waals surface area contributed by atoms with Gasteiger partial charge in [0.15, 0.2) is 0 Å². The SMILES string of the molecule is Cc1nnnn1C[C@@H](O)c1cccc([N+](=O)[O-])c1. The van der Waals surface area contributed by atoms with Gasteiger partial charge in [-0.15, -0.1) is 5.10 Å². The van der Waals surface area contributed by atoms with Crippen molar-refractivity contribution in [3.8, 4) is 0 Å². The molecule has 8 heteroatoms. The van der Waals surface area contributed by atoms with Gasteiger partial charge in [0.05, 0.1) is 17.6 Å². The Morgan fingerprint density at radius 3 is 2.94 bits per heavy atom. The van der Waals surface area contributed by atoms with E-state index in [0.717, 1.165) is 0 Å². The zero-order valence-corrected chi connectivity index (χ0v) is 9.59. The Balaban J connectivity index is 2.18. The molecular weight excluding hydrogens is 238 g/mol. The van der Waals surface area contributed by atoms with Gasteiger partial charge in [-0.2, -0.15) is 0 Å². The standard InChI is InChI=1S/C10H11N5O3/c1-7-11-12-13-14(7)6-10(16)8-3-2-4-9(5-8)15(17)18/h2-5,10,16H,6H2,1H3/t10-/m1/s1. The van der Waals surface area contributed by atoms with Crippen LogP contribution in [0, 0.1) is 17.0 Å². The molecule has 1 aromatic heterocycles. The molecule has 8 nitrogen and oxygen atoms in total. The number of aliphatic hydroxyl groups excluding tert-OH is 1. The maximum absolute atomic E-state index is 10.6. The molecule has 0 fully saturated rings. The molecule has 0 saturated heterocycles. The fraction of sp³-hybridized carbons (Fsp3) is 0.300. The molecule has 0 aliphatic rings. The second kappa shape index (κ2) is 4.88. The molecule has 0 unspecified atom stereocenters. The molecule has 0 aliphatic heterocycles. The number of aliphatic hydroxyl groups is 1. The van der Waals surface area contributed by atoms with Crippen molar-refractivity contribution in [2.24, 2.45) is 0 Å². The average molecular weight is 249 g/mol. The highest BCUT2D eigenvalue weighted by atomic mass is 16.6. The van der Waals surface area contributed by atoms with Crippen LogP contribution in [0.1, 0.15) is 17.5 Å². The first-order valence-electron chi connectivity index (χ1n) is 5.23. The van der Waals surface area contributed by atoms with E-state index in [4.69, 9.17) is 0 Å². The highest BCUT2D eigenvalue weighted by Gasteiger charge is 2.14. The smallest absolute Gasteiger partial charge is 0.269 e. The molecule has 2 rings (SSSR count). The topological polar surface area (TPSA) is 107 Å². The number of non-ortho nitro benzene ring substituents is 1. The predicted molar refractivity (Wildman–Crippen MR) is 60.6 cm³/mol. The first kappa shape index (κ1) is 12.1. The monoisotopic (exact) mass is 249 g/mol. The van der Waals surface area contributed by atoms with Crippen molar-refractivity contribution in [3.63, 3.8) is 0 Å². The van der Waals surface area contributed by atoms with Crippen LogP contribution in [0.15, 0.2) is 24.3 Å². The summed E-state index contributed by atoms with van der Waals surface area (Å²) in [6, 6.07) is 5.86. The quantitative estimate of drug-likeness (QED) is 0.628. The van der Waals surface area contributed by atoms with Gasteiger partial charge in [-0.05, 0) is 22.9 Å². The average Bonchev–Trinajstić information content (AvgIpc) is 2.75. The summed E-state index contributed by atoms with van der Waals surface area (Å²) in [5, 5.41) is 31.5. The molecule has 0 radical (unpaired) electrons. The Bertz CT molecular complexity index is 568. The van der Waals surface area contributed by atoms with Crippen LogP contribution in [0.3, 0.4) is 0 Å². The lowest BCUT2D eigenvalue weighted by molar-refractivity contribution is -0.385. The number of hydrogen-bond donors (Lipinski definition) is 1. The van der Waals surface area contributed by atoms with E-state index in [1.165, 1.54) is 22.9 Å². The van der Waals surface area contributed by atoms with Crippen LogP contribution >= 0.6 is 0 Å². The minimum atomic E-state index is -0.896. The summed E-state index contributed by atoms with van der Waals surface area (Å²) >= 11 is 0. The van der Waals surface area contributed by atoms with Gasteiger partial charge >= 0.3 is 0 Å². The molecule has 1 heterocycles. The summed E-state index contributed by atoms with van der Waals surface area (Å²) in [4.78, 5) is 10.1. The maximum Gasteiger partial charge on any atom is 0.269 e. The van der Waals surface area contributed by atoms with Crippen molar-refractivity contribution in [1.82, 2.24) is 20.2 Å². The highest BCUT2D eigenvalue weighted by Crippen LogP contribution is 2.20. The Morgan fingerprint density at radius 2 is 2.33 bits per heavy atom. The number of rotatable bonds is 4. The lowest BCUT2D eigenvalue weighted by atomic mass is 10.1. The summed E-state index contributed by atoms with van der Waals surface area (Å²) < 4.78 is 1.43. The van der Waals surface area contributed by atoms with Crippen molar-refractivity contribution < 1.29 is 10.0 Å². The highest BCUT2D eigenvalue weighted by molar-refractivity contribution is 5.35. The molecule has 1 N–H and O–H groups in total. The van der Waals surface area contributed by atoms with E-state index < -0.39 is 11.0 Å². The van der Waals surface area contributed by atoms with E-state index in [0.29, 0.717) is 11.4 Å². The van der Waals surface area contributed by atoms with E-state index in [9.17, 15) is 15.2 Å². The lowest BCUT2D eigenvalue weighted by Gasteiger charge is -2.10. The minimum Gasteiger partial charge on any atom is -0.386 e. The number of tetrazole rings is 1. The third-order valence-corrected chi connectivity index (χ3v) is 2.52. The van der Waals surface area contributed by atoms with E-state index in [-0.39, 0.29) is 12.2 Å². The number of aryl methyl sites for hydroxylation is 1. The largest absolute Gasteiger partial charge is 0.386 e. The van der Waals surface area contributed by atoms with Gasteiger partial charge in [0.2, 0.25) is 0 Å². The Kier molecular flexibility index (Phi) is 3.28. The molecule has 2 aromatic rings. The molecule has 0 bridgehead atoms. The Morgan fingerprint density at radius 1 is 1.56 bits per heavy atom. The summed E-state index contributed by atoms with van der Waals surface area (Å²) in [7, 11) is 0. The summed E-state index contributed by atoms with van der Waals surface area (Å²) in [6.07, 6.45) is -0.896. The molecule has 94 valence electrons. The van der Waals surface area contributed by atoms with Gasteiger partial charge in [0, 0.05) is 12.1 Å². The van der Waals surface area contributed by atoms with Gasteiger partial charge in [0.1, 0.15) is 5.82 Å². The van der Waals surface area contributed by atoms with Crippen molar-refractivity contribution in [1.29, 1.82) is 0 Å². The fourth-order valence-corrected chi connectivity index (χ4v) is 1.53. The van der Waals surface area contributed by atoms with Gasteiger partial charge in [-0.1, -0.05) is 12.1 Å². The molecule has 0 saturated carbocycles. The van der Waals surface area contributed by atoms with Crippen LogP contribution in [-0.4, -0.2) is 30.2 Å². The third kappa shape index (κ3) is 2.48. The molecular formula is C10H11N5O3. The van der Waals surface area contributed by atoms with Gasteiger partial charge in [-0.25, -0.2) is 4.68 Å². The van der Waals surface area contributed by atoms with Crippen LogP contribution in [0.5, 0.6) is 0 Å². The first-order chi connectivity index (χ1) is 8.58. The lowest BCUT2D eigenvalue weighted by Crippen LogP contribution is -2.11. The van der Waals surface area contributed by atoms with Crippen LogP contribution in [-0.2, 0) is 6.54 Å². The summed E-state index contributed by atoms with van der Waals surface area (Å²) in [5.74, 6) is 0.569. The number of aromatic nitrogens is 4. The van der Waals surface area contributed by atoms with Gasteiger partial charge < -0.3 is 5.11 Å². The molecule has 0 aliphatic carbocycles. The van der Waals surface area contributed by atoms with Crippen LogP contribution in [0.2, 0.25) is 0 Å². The van der Waals surface area contributed by atoms with Crippen molar-refractivity contribution in [2.45, 2.75) is 19.6 Å². The molecule has 1 atom stereocenters. The zero-order valence-electron chi connectivity index (χ0n) is 9.59. The van der Waals surface area contributed by atoms with Gasteiger partial charge in [0.25, 0.3) is 5.69 Å². The zero-order chi connectivity index (χ0) is 13.1. The fourth-order valence-electron chi connectivity index (χ4n) is 1.53. The Hall–Kier alpha value is -2.35. The van der Waals surface area contributed by atoms with Crippen molar-refractivity contribution >= 4 is 5.69 Å². The minimum absolute atomic E-state index is 0.0556. The predicted octanol–water partition coefficient (Wildman–Crippen LogP) is 0.623. The van der Waals surface area contributed by atoms with E-state index >= 15 is 0 Å². The van der Waals surface area contributed by atoms with Gasteiger partial charge in [-0.3, -0.25) is 10.1 Å². The number of nitro groups is 1. The molecule has 0 spiro atoms. The Labute approximate surface area is 102 Å². The first-order valence-corrected chi connectivity index (χ1v) is 5.23. The van der Waals surface area contributed by atoms with Crippen LogP contribution in [0.25, 0.3) is 0 Å². The number of benzene rings is 1. The molecule has 0 amide bonds. The van der Waals surface area contributed by atoms with E-state index in [1.807, 2.05) is 0 Å². The second-order valence-corrected chi connectivity index (χ2v) is 3.78. The maximum atomic E-state index is 10.6. The molecule has 1 aromatic carbocycles. The van der Waals surface area contributed by atoms with Crippen LogP contribution in [0.4, 0.5) is 5.69 Å². The number of nitro benzene ring substituents is 1. The van der Waals surface area contributed by atoms with Crippen LogP contribution < -0.4 is 0 Å². The number of nitrogens with zero attached hydrogens (tertiary/aromatic N) is 5. The van der Waals surface area contributed by atoms with Crippen molar-refractivity contribution in [2.75, 3.05) is 0 Å². The summed E-state index contributed by atoms with van der Waals surface area (Å²) in [6.45, 7) is 1.86. The molecule has 18 heavy (non-hydrogen) atoms. The van der Waals surface area contributed by atoms with E-state index in [2.05, 4.69) is 15.5 Å². The second-order valence-electron chi connectivity index (χ2n) is 3.78. The normalized spacial score (nSPS) is 12.3.